The van der Waals surface area contributed by atoms with Gasteiger partial charge >= 0.3 is 0 Å². The topological polar surface area (TPSA) is 155 Å². The van der Waals surface area contributed by atoms with Crippen LogP contribution in [0.2, 0.25) is 0 Å². The van der Waals surface area contributed by atoms with Crippen molar-refractivity contribution in [3.8, 4) is 5.75 Å². The van der Waals surface area contributed by atoms with Crippen LogP contribution in [0.5, 0.6) is 5.75 Å². The number of benzene rings is 1. The highest BCUT2D eigenvalue weighted by atomic mass is 16.6. The molecule has 0 spiro atoms. The molecule has 0 unspecified atom stereocenters. The highest BCUT2D eigenvalue weighted by molar-refractivity contribution is 5.86. The lowest BCUT2D eigenvalue weighted by atomic mass is 9.95. The number of nitrogens with two attached hydrogens (primary N) is 2. The van der Waals surface area contributed by atoms with Crippen LogP contribution in [0.3, 0.4) is 0 Å². The van der Waals surface area contributed by atoms with Crippen molar-refractivity contribution in [1.29, 1.82) is 0 Å². The molecule has 0 radical (unpaired) electrons. The van der Waals surface area contributed by atoms with Crippen molar-refractivity contribution < 1.29 is 19.7 Å². The number of rotatable bonds is 4. The van der Waals surface area contributed by atoms with Gasteiger partial charge in [0.1, 0.15) is 53.8 Å². The van der Waals surface area contributed by atoms with Gasteiger partial charge in [-0.2, -0.15) is 0 Å². The zero-order valence-electron chi connectivity index (χ0n) is 16.7. The molecular formula is C21H22N6O4. The minimum atomic E-state index is -1.56. The van der Waals surface area contributed by atoms with Gasteiger partial charge in [0.15, 0.2) is 6.23 Å². The first-order valence-corrected chi connectivity index (χ1v) is 9.76. The molecule has 1 saturated heterocycles. The standard InChI is InChI=1S/C21H22N6O4/c1-21(29)15(9-30-12-4-2-11-3-5-16(22)26-14(11)8-12)31-20(17(21)28)27-7-6-13-18(23)24-10-25-19(13)27/h2-8,10,15,17,20,28-29H,9H2,1H3,(H2,22,26)(H2,23,24,25)/t15-,17+,20-,21-/m1/s1. The second-order valence-corrected chi connectivity index (χ2v) is 7.81. The molecule has 1 fully saturated rings. The second-order valence-electron chi connectivity index (χ2n) is 7.81. The summed E-state index contributed by atoms with van der Waals surface area (Å²) in [4.78, 5) is 12.5. The Morgan fingerprint density at radius 1 is 1.19 bits per heavy atom. The van der Waals surface area contributed by atoms with Gasteiger partial charge in [0.2, 0.25) is 0 Å². The van der Waals surface area contributed by atoms with E-state index < -0.39 is 24.0 Å². The molecule has 0 saturated carbocycles. The summed E-state index contributed by atoms with van der Waals surface area (Å²) in [7, 11) is 0. The molecule has 10 heteroatoms. The Morgan fingerprint density at radius 3 is 2.84 bits per heavy atom. The van der Waals surface area contributed by atoms with Gasteiger partial charge in [-0.3, -0.25) is 0 Å². The van der Waals surface area contributed by atoms with Crippen LogP contribution in [-0.4, -0.2) is 54.1 Å². The van der Waals surface area contributed by atoms with Crippen molar-refractivity contribution in [3.63, 3.8) is 0 Å². The normalized spacial score (nSPS) is 26.0. The molecule has 1 aliphatic rings. The quantitative estimate of drug-likeness (QED) is 0.380. The van der Waals surface area contributed by atoms with Gasteiger partial charge in [0, 0.05) is 17.6 Å². The Labute approximate surface area is 177 Å². The SMILES string of the molecule is C[C@@]1(O)[C@@H](COc2ccc3ccc(N)nc3c2)O[C@@H](n2ccc3c(N)ncnc32)[C@@H]1O. The molecule has 1 aromatic carbocycles. The van der Waals surface area contributed by atoms with Gasteiger partial charge in [-0.1, -0.05) is 0 Å². The summed E-state index contributed by atoms with van der Waals surface area (Å²) in [5.41, 5.74) is 11.3. The lowest BCUT2D eigenvalue weighted by molar-refractivity contribution is -0.0765. The molecule has 0 aliphatic carbocycles. The van der Waals surface area contributed by atoms with Crippen LogP contribution in [-0.2, 0) is 4.74 Å². The minimum Gasteiger partial charge on any atom is -0.491 e. The van der Waals surface area contributed by atoms with Crippen LogP contribution < -0.4 is 16.2 Å². The van der Waals surface area contributed by atoms with Gasteiger partial charge in [0.05, 0.1) is 10.9 Å². The van der Waals surface area contributed by atoms with Crippen LogP contribution in [0.4, 0.5) is 11.6 Å². The molecular weight excluding hydrogens is 400 g/mol. The molecule has 0 bridgehead atoms. The Bertz CT molecular complexity index is 1270. The van der Waals surface area contributed by atoms with E-state index in [-0.39, 0.29) is 6.61 Å². The molecule has 6 N–H and O–H groups in total. The number of anilines is 2. The minimum absolute atomic E-state index is 0.0186. The highest BCUT2D eigenvalue weighted by Gasteiger charge is 2.53. The van der Waals surface area contributed by atoms with E-state index in [1.807, 2.05) is 12.1 Å². The maximum atomic E-state index is 11.0. The fourth-order valence-electron chi connectivity index (χ4n) is 3.86. The third kappa shape index (κ3) is 3.21. The number of nitrogen functional groups attached to an aromatic ring is 2. The summed E-state index contributed by atoms with van der Waals surface area (Å²) in [6.07, 6.45) is 0.157. The summed E-state index contributed by atoms with van der Waals surface area (Å²) < 4.78 is 13.5. The average Bonchev–Trinajstić information content (AvgIpc) is 3.26. The third-order valence-corrected chi connectivity index (χ3v) is 5.73. The Hall–Kier alpha value is -3.47. The molecule has 160 valence electrons. The first-order chi connectivity index (χ1) is 14.8. The number of pyridine rings is 1. The smallest absolute Gasteiger partial charge is 0.164 e. The Kier molecular flexibility index (Phi) is 4.43. The average molecular weight is 422 g/mol. The van der Waals surface area contributed by atoms with Gasteiger partial charge in [0.25, 0.3) is 0 Å². The first kappa shape index (κ1) is 19.5. The number of aliphatic hydroxyl groups excluding tert-OH is 1. The summed E-state index contributed by atoms with van der Waals surface area (Å²) in [5, 5.41) is 23.3. The van der Waals surface area contributed by atoms with Crippen molar-refractivity contribution in [2.45, 2.75) is 31.0 Å². The number of hydrogen-bond acceptors (Lipinski definition) is 9. The predicted molar refractivity (Wildman–Crippen MR) is 114 cm³/mol. The number of aliphatic hydroxyl groups is 2. The van der Waals surface area contributed by atoms with Crippen LogP contribution in [0.15, 0.2) is 48.9 Å². The van der Waals surface area contributed by atoms with Crippen molar-refractivity contribution in [2.24, 2.45) is 0 Å². The molecule has 31 heavy (non-hydrogen) atoms. The fourth-order valence-corrected chi connectivity index (χ4v) is 3.86. The Balaban J connectivity index is 1.38. The van der Waals surface area contributed by atoms with Gasteiger partial charge < -0.3 is 35.7 Å². The lowest BCUT2D eigenvalue weighted by Gasteiger charge is -2.26. The van der Waals surface area contributed by atoms with Crippen LogP contribution >= 0.6 is 0 Å². The van der Waals surface area contributed by atoms with Crippen LogP contribution in [0, 0.1) is 0 Å². The van der Waals surface area contributed by atoms with Gasteiger partial charge in [-0.05, 0) is 37.3 Å². The summed E-state index contributed by atoms with van der Waals surface area (Å²) in [6, 6.07) is 10.8. The number of nitrogens with zero attached hydrogens (tertiary/aromatic N) is 4. The van der Waals surface area contributed by atoms with E-state index in [1.54, 1.807) is 35.0 Å². The van der Waals surface area contributed by atoms with Gasteiger partial charge in [-0.25, -0.2) is 15.0 Å². The lowest BCUT2D eigenvalue weighted by Crippen LogP contribution is -2.47. The number of aromatic nitrogens is 4. The molecule has 4 atom stereocenters. The Morgan fingerprint density at radius 2 is 2.00 bits per heavy atom. The maximum absolute atomic E-state index is 11.0. The molecule has 5 rings (SSSR count). The van der Waals surface area contributed by atoms with E-state index in [9.17, 15) is 10.2 Å². The predicted octanol–water partition coefficient (Wildman–Crippen LogP) is 1.23. The second kappa shape index (κ2) is 7.05. The number of ether oxygens (including phenoxy) is 2. The van der Waals surface area contributed by atoms with E-state index >= 15 is 0 Å². The summed E-state index contributed by atoms with van der Waals surface area (Å²) in [5.74, 6) is 1.30. The summed E-state index contributed by atoms with van der Waals surface area (Å²) >= 11 is 0. The molecule has 10 nitrogen and oxygen atoms in total. The molecule has 3 aromatic heterocycles. The van der Waals surface area contributed by atoms with Gasteiger partial charge in [-0.15, -0.1) is 0 Å². The van der Waals surface area contributed by atoms with E-state index in [1.165, 1.54) is 13.3 Å². The zero-order chi connectivity index (χ0) is 21.8. The van der Waals surface area contributed by atoms with Crippen LogP contribution in [0.25, 0.3) is 21.9 Å². The van der Waals surface area contributed by atoms with Crippen LogP contribution in [0.1, 0.15) is 13.2 Å². The van der Waals surface area contributed by atoms with E-state index in [0.717, 1.165) is 5.39 Å². The molecule has 0 amide bonds. The maximum Gasteiger partial charge on any atom is 0.164 e. The molecule has 4 aromatic rings. The fraction of sp³-hybridized carbons (Fsp3) is 0.286. The largest absolute Gasteiger partial charge is 0.491 e. The number of fused-ring (bicyclic) bond motifs is 2. The monoisotopic (exact) mass is 422 g/mol. The van der Waals surface area contributed by atoms with Crippen molar-refractivity contribution in [2.75, 3.05) is 18.1 Å². The van der Waals surface area contributed by atoms with Crippen molar-refractivity contribution in [1.82, 2.24) is 19.5 Å². The third-order valence-electron chi connectivity index (χ3n) is 5.73. The van der Waals surface area contributed by atoms with E-state index in [2.05, 4.69) is 15.0 Å². The summed E-state index contributed by atoms with van der Waals surface area (Å²) in [6.45, 7) is 1.54. The number of hydrogen-bond donors (Lipinski definition) is 4. The van der Waals surface area contributed by atoms with E-state index in [4.69, 9.17) is 20.9 Å². The zero-order valence-corrected chi connectivity index (χ0v) is 16.7. The van der Waals surface area contributed by atoms with Crippen molar-refractivity contribution in [3.05, 3.63) is 48.9 Å². The molecule has 1 aliphatic heterocycles. The molecule has 4 heterocycles. The first-order valence-electron chi connectivity index (χ1n) is 9.76. The van der Waals surface area contributed by atoms with E-state index in [0.29, 0.717) is 33.9 Å². The highest BCUT2D eigenvalue weighted by Crippen LogP contribution is 2.39. The van der Waals surface area contributed by atoms with Crippen molar-refractivity contribution >= 4 is 33.6 Å².